The van der Waals surface area contributed by atoms with Crippen molar-refractivity contribution in [2.75, 3.05) is 7.11 Å². The monoisotopic (exact) mass is 320 g/mol. The summed E-state index contributed by atoms with van der Waals surface area (Å²) >= 11 is 0. The molecular weight excluding hydrogens is 296 g/mol. The van der Waals surface area contributed by atoms with Crippen LogP contribution in [0.2, 0.25) is 0 Å². The van der Waals surface area contributed by atoms with Gasteiger partial charge in [0.25, 0.3) is 0 Å². The van der Waals surface area contributed by atoms with Gasteiger partial charge in [0.05, 0.1) is 7.11 Å². The highest BCUT2D eigenvalue weighted by molar-refractivity contribution is 5.48. The molecule has 0 heterocycles. The Morgan fingerprint density at radius 1 is 1.00 bits per heavy atom. The first-order valence-electron chi connectivity index (χ1n) is 8.42. The molecule has 0 spiro atoms. The molecule has 124 valence electrons. The molecule has 1 unspecified atom stereocenters. The molecule has 1 saturated carbocycles. The predicted octanol–water partition coefficient (Wildman–Crippen LogP) is 4.27. The van der Waals surface area contributed by atoms with E-state index < -0.39 is 5.60 Å². The van der Waals surface area contributed by atoms with Gasteiger partial charge in [-0.25, -0.2) is 0 Å². The van der Waals surface area contributed by atoms with Crippen LogP contribution in [0.15, 0.2) is 36.4 Å². The van der Waals surface area contributed by atoms with E-state index in [1.54, 1.807) is 7.11 Å². The Hall–Kier alpha value is -2.24. The average molecular weight is 320 g/mol. The van der Waals surface area contributed by atoms with Crippen molar-refractivity contribution in [3.63, 3.8) is 0 Å². The van der Waals surface area contributed by atoms with E-state index in [0.717, 1.165) is 35.3 Å². The normalized spacial score (nSPS) is 16.0. The minimum absolute atomic E-state index is 0.213. The van der Waals surface area contributed by atoms with Crippen molar-refractivity contribution in [1.29, 1.82) is 0 Å². The highest BCUT2D eigenvalue weighted by atomic mass is 16.5. The molecule has 2 heteroatoms. The van der Waals surface area contributed by atoms with Crippen LogP contribution in [0.4, 0.5) is 0 Å². The number of benzene rings is 2. The fourth-order valence-electron chi connectivity index (χ4n) is 3.01. The van der Waals surface area contributed by atoms with Gasteiger partial charge in [-0.05, 0) is 74.1 Å². The summed E-state index contributed by atoms with van der Waals surface area (Å²) < 4.78 is 5.21. The fraction of sp³-hybridized carbons (Fsp3) is 0.364. The maximum atomic E-state index is 11.2. The van der Waals surface area contributed by atoms with Crippen molar-refractivity contribution in [3.05, 3.63) is 64.2 Å². The zero-order valence-corrected chi connectivity index (χ0v) is 14.8. The van der Waals surface area contributed by atoms with Crippen LogP contribution in [0.5, 0.6) is 5.75 Å². The minimum Gasteiger partial charge on any atom is -0.497 e. The Bertz CT molecular complexity index is 804. The molecule has 0 saturated heterocycles. The molecule has 0 aromatic heterocycles. The number of hydrogen-bond acceptors (Lipinski definition) is 2. The third-order valence-electron chi connectivity index (χ3n) is 4.93. The first kappa shape index (κ1) is 16.6. The molecule has 1 atom stereocenters. The molecule has 24 heavy (non-hydrogen) atoms. The maximum Gasteiger partial charge on any atom is 0.154 e. The first-order valence-corrected chi connectivity index (χ1v) is 8.42. The summed E-state index contributed by atoms with van der Waals surface area (Å²) in [5.41, 5.74) is 4.40. The number of aliphatic hydroxyl groups is 1. The van der Waals surface area contributed by atoms with Crippen molar-refractivity contribution in [2.24, 2.45) is 5.92 Å². The zero-order valence-electron chi connectivity index (χ0n) is 14.8. The Kier molecular flexibility index (Phi) is 4.39. The summed E-state index contributed by atoms with van der Waals surface area (Å²) in [6.07, 6.45) is 2.03. The van der Waals surface area contributed by atoms with E-state index >= 15 is 0 Å². The molecular formula is C22H24O2. The zero-order chi connectivity index (χ0) is 17.3. The van der Waals surface area contributed by atoms with E-state index in [1.807, 2.05) is 24.3 Å². The molecule has 0 radical (unpaired) electrons. The number of methoxy groups -OCH3 is 1. The lowest BCUT2D eigenvalue weighted by Crippen LogP contribution is -2.26. The smallest absolute Gasteiger partial charge is 0.154 e. The second-order valence-corrected chi connectivity index (χ2v) is 6.77. The highest BCUT2D eigenvalue weighted by Gasteiger charge is 2.44. The quantitative estimate of drug-likeness (QED) is 0.856. The van der Waals surface area contributed by atoms with Crippen molar-refractivity contribution >= 4 is 0 Å². The van der Waals surface area contributed by atoms with Crippen molar-refractivity contribution in [1.82, 2.24) is 0 Å². The molecule has 0 bridgehead atoms. The van der Waals surface area contributed by atoms with E-state index in [2.05, 4.69) is 44.7 Å². The molecule has 2 nitrogen and oxygen atoms in total. The maximum absolute atomic E-state index is 11.2. The fourth-order valence-corrected chi connectivity index (χ4v) is 3.01. The lowest BCUT2D eigenvalue weighted by Gasteiger charge is -2.23. The lowest BCUT2D eigenvalue weighted by atomic mass is 9.88. The van der Waals surface area contributed by atoms with Gasteiger partial charge < -0.3 is 9.84 Å². The largest absolute Gasteiger partial charge is 0.497 e. The molecule has 0 aliphatic heterocycles. The van der Waals surface area contributed by atoms with E-state index in [1.165, 1.54) is 11.1 Å². The van der Waals surface area contributed by atoms with Crippen molar-refractivity contribution in [2.45, 2.75) is 39.2 Å². The van der Waals surface area contributed by atoms with Crippen LogP contribution < -0.4 is 4.74 Å². The third-order valence-corrected chi connectivity index (χ3v) is 4.93. The number of ether oxygens (including phenoxy) is 1. The van der Waals surface area contributed by atoms with Gasteiger partial charge in [-0.15, -0.1) is 0 Å². The SMILES string of the molecule is COc1ccc(C(O)(C#Cc2cc(C)c(C)cc2C)C2CC2)cc1. The van der Waals surface area contributed by atoms with Crippen LogP contribution in [0, 0.1) is 38.5 Å². The van der Waals surface area contributed by atoms with Crippen molar-refractivity contribution in [3.8, 4) is 17.6 Å². The van der Waals surface area contributed by atoms with Crippen LogP contribution in [-0.2, 0) is 5.60 Å². The van der Waals surface area contributed by atoms with Gasteiger partial charge in [0.1, 0.15) is 5.75 Å². The average Bonchev–Trinajstić information content (AvgIpc) is 3.42. The number of hydrogen-bond donors (Lipinski definition) is 1. The van der Waals surface area contributed by atoms with Gasteiger partial charge in [0.15, 0.2) is 5.60 Å². The highest BCUT2D eigenvalue weighted by Crippen LogP contribution is 2.45. The molecule has 3 rings (SSSR count). The second kappa shape index (κ2) is 6.34. The van der Waals surface area contributed by atoms with E-state index in [0.29, 0.717) is 0 Å². The van der Waals surface area contributed by atoms with E-state index in [9.17, 15) is 5.11 Å². The number of aryl methyl sites for hydroxylation is 3. The molecule has 0 amide bonds. The van der Waals surface area contributed by atoms with Gasteiger partial charge in [0.2, 0.25) is 0 Å². The van der Waals surface area contributed by atoms with Crippen molar-refractivity contribution < 1.29 is 9.84 Å². The summed E-state index contributed by atoms with van der Waals surface area (Å²) in [6, 6.07) is 11.9. The third kappa shape index (κ3) is 3.18. The second-order valence-electron chi connectivity index (χ2n) is 6.77. The summed E-state index contributed by atoms with van der Waals surface area (Å²) in [7, 11) is 1.64. The van der Waals surface area contributed by atoms with E-state index in [4.69, 9.17) is 4.74 Å². The molecule has 1 fully saturated rings. The summed E-state index contributed by atoms with van der Waals surface area (Å²) in [6.45, 7) is 6.27. The molecule has 2 aromatic carbocycles. The van der Waals surface area contributed by atoms with Gasteiger partial charge in [-0.3, -0.25) is 0 Å². The summed E-state index contributed by atoms with van der Waals surface area (Å²) in [5.74, 6) is 7.42. The molecule has 1 N–H and O–H groups in total. The van der Waals surface area contributed by atoms with Crippen LogP contribution in [0.25, 0.3) is 0 Å². The lowest BCUT2D eigenvalue weighted by molar-refractivity contribution is 0.0756. The van der Waals surface area contributed by atoms with Crippen LogP contribution >= 0.6 is 0 Å². The first-order chi connectivity index (χ1) is 11.4. The van der Waals surface area contributed by atoms with Gasteiger partial charge >= 0.3 is 0 Å². The molecule has 1 aliphatic rings. The Labute approximate surface area is 144 Å². The van der Waals surface area contributed by atoms with Crippen LogP contribution in [-0.4, -0.2) is 12.2 Å². The standard InChI is InChI=1S/C22H24O2/c1-15-13-17(3)18(14-16(15)2)11-12-22(23,19-5-6-19)20-7-9-21(24-4)10-8-20/h7-10,13-14,19,23H,5-6H2,1-4H3. The Balaban J connectivity index is 1.99. The van der Waals surface area contributed by atoms with Gasteiger partial charge in [0, 0.05) is 11.5 Å². The summed E-state index contributed by atoms with van der Waals surface area (Å²) in [5, 5.41) is 11.2. The Morgan fingerprint density at radius 3 is 2.21 bits per heavy atom. The van der Waals surface area contributed by atoms with Crippen LogP contribution in [0.1, 0.15) is 40.7 Å². The van der Waals surface area contributed by atoms with Crippen LogP contribution in [0.3, 0.4) is 0 Å². The molecule has 1 aliphatic carbocycles. The van der Waals surface area contributed by atoms with Gasteiger partial charge in [-0.1, -0.05) is 30.0 Å². The summed E-state index contributed by atoms with van der Waals surface area (Å²) in [4.78, 5) is 0. The topological polar surface area (TPSA) is 29.5 Å². The van der Waals surface area contributed by atoms with Gasteiger partial charge in [-0.2, -0.15) is 0 Å². The minimum atomic E-state index is -1.09. The Morgan fingerprint density at radius 2 is 1.62 bits per heavy atom. The molecule has 2 aromatic rings. The predicted molar refractivity (Wildman–Crippen MR) is 97.1 cm³/mol. The van der Waals surface area contributed by atoms with E-state index in [-0.39, 0.29) is 5.92 Å². The number of rotatable bonds is 3.